The molecule has 5 aromatic rings. The van der Waals surface area contributed by atoms with Crippen LogP contribution in [-0.4, -0.2) is 10.9 Å². The van der Waals surface area contributed by atoms with Crippen molar-refractivity contribution in [2.75, 3.05) is 5.32 Å². The standard InChI is InChI=1S/C27H19ClN2O3/c1-17-9-10-18(16-22(17)28)24-13-11-21(32-24)12-14-26(31)29-20-6-4-5-19(15-20)27-30-23-7-2-3-8-25(23)33-27/h2-16H,1H3,(H,29,31). The number of furan rings is 1. The number of anilines is 1. The molecule has 162 valence electrons. The van der Waals surface area contributed by atoms with E-state index in [9.17, 15) is 4.79 Å². The largest absolute Gasteiger partial charge is 0.457 e. The van der Waals surface area contributed by atoms with E-state index in [0.717, 1.165) is 27.8 Å². The van der Waals surface area contributed by atoms with Crippen molar-refractivity contribution in [3.63, 3.8) is 0 Å². The van der Waals surface area contributed by atoms with Crippen LogP contribution in [0, 0.1) is 6.92 Å². The van der Waals surface area contributed by atoms with E-state index >= 15 is 0 Å². The zero-order valence-corrected chi connectivity index (χ0v) is 18.5. The first kappa shape index (κ1) is 20.8. The van der Waals surface area contributed by atoms with Gasteiger partial charge >= 0.3 is 0 Å². The molecule has 5 rings (SSSR count). The van der Waals surface area contributed by atoms with Crippen molar-refractivity contribution in [1.82, 2.24) is 4.98 Å². The highest BCUT2D eigenvalue weighted by Gasteiger charge is 2.09. The summed E-state index contributed by atoms with van der Waals surface area (Å²) in [4.78, 5) is 16.9. The zero-order valence-electron chi connectivity index (χ0n) is 17.7. The minimum Gasteiger partial charge on any atom is -0.457 e. The fourth-order valence-electron chi connectivity index (χ4n) is 3.41. The average Bonchev–Trinajstić information content (AvgIpc) is 3.47. The molecule has 3 aromatic carbocycles. The first-order valence-corrected chi connectivity index (χ1v) is 10.7. The van der Waals surface area contributed by atoms with Gasteiger partial charge in [0.15, 0.2) is 5.58 Å². The second kappa shape index (κ2) is 8.81. The highest BCUT2D eigenvalue weighted by molar-refractivity contribution is 6.31. The SMILES string of the molecule is Cc1ccc(-c2ccc(C=CC(=O)Nc3cccc(-c4nc5ccccc5o4)c3)o2)cc1Cl. The van der Waals surface area contributed by atoms with Crippen LogP contribution in [0.5, 0.6) is 0 Å². The number of nitrogens with one attached hydrogen (secondary N) is 1. The van der Waals surface area contributed by atoms with Gasteiger partial charge in [-0.1, -0.05) is 41.9 Å². The van der Waals surface area contributed by atoms with Crippen molar-refractivity contribution in [1.29, 1.82) is 0 Å². The molecule has 0 aliphatic carbocycles. The van der Waals surface area contributed by atoms with Crippen molar-refractivity contribution < 1.29 is 13.6 Å². The van der Waals surface area contributed by atoms with Gasteiger partial charge in [-0.2, -0.15) is 0 Å². The molecule has 0 radical (unpaired) electrons. The smallest absolute Gasteiger partial charge is 0.248 e. The molecule has 0 unspecified atom stereocenters. The fraction of sp³-hybridized carbons (Fsp3) is 0.0370. The Kier molecular flexibility index (Phi) is 5.55. The maximum atomic E-state index is 12.4. The number of amides is 1. The van der Waals surface area contributed by atoms with Gasteiger partial charge in [0.2, 0.25) is 11.8 Å². The Morgan fingerprint density at radius 2 is 1.82 bits per heavy atom. The number of fused-ring (bicyclic) bond motifs is 1. The lowest BCUT2D eigenvalue weighted by atomic mass is 10.1. The lowest BCUT2D eigenvalue weighted by Gasteiger charge is -2.03. The fourth-order valence-corrected chi connectivity index (χ4v) is 3.59. The third-order valence-corrected chi connectivity index (χ3v) is 5.56. The van der Waals surface area contributed by atoms with E-state index < -0.39 is 0 Å². The highest BCUT2D eigenvalue weighted by Crippen LogP contribution is 2.28. The predicted molar refractivity (Wildman–Crippen MR) is 131 cm³/mol. The molecule has 2 aromatic heterocycles. The summed E-state index contributed by atoms with van der Waals surface area (Å²) in [5, 5.41) is 3.53. The summed E-state index contributed by atoms with van der Waals surface area (Å²) in [6.07, 6.45) is 3.05. The molecule has 0 fully saturated rings. The molecule has 0 aliphatic heterocycles. The van der Waals surface area contributed by atoms with Crippen LogP contribution in [0.3, 0.4) is 0 Å². The number of carbonyl (C=O) groups excluding carboxylic acids is 1. The maximum Gasteiger partial charge on any atom is 0.248 e. The highest BCUT2D eigenvalue weighted by atomic mass is 35.5. The number of oxazole rings is 1. The van der Waals surface area contributed by atoms with E-state index in [1.165, 1.54) is 6.08 Å². The Balaban J connectivity index is 1.28. The minimum atomic E-state index is -0.277. The molecule has 33 heavy (non-hydrogen) atoms. The number of halogens is 1. The molecule has 2 heterocycles. The van der Waals surface area contributed by atoms with Gasteiger partial charge in [0.25, 0.3) is 0 Å². The van der Waals surface area contributed by atoms with E-state index in [1.54, 1.807) is 12.1 Å². The second-order valence-electron chi connectivity index (χ2n) is 7.56. The van der Waals surface area contributed by atoms with E-state index in [2.05, 4.69) is 10.3 Å². The summed E-state index contributed by atoms with van der Waals surface area (Å²) in [6, 6.07) is 24.3. The molecule has 0 atom stereocenters. The summed E-state index contributed by atoms with van der Waals surface area (Å²) in [6.45, 7) is 1.95. The summed E-state index contributed by atoms with van der Waals surface area (Å²) in [5.74, 6) is 1.48. The van der Waals surface area contributed by atoms with E-state index in [1.807, 2.05) is 79.7 Å². The predicted octanol–water partition coefficient (Wildman–Crippen LogP) is 7.37. The first-order valence-electron chi connectivity index (χ1n) is 10.4. The van der Waals surface area contributed by atoms with E-state index in [0.29, 0.717) is 28.1 Å². The Morgan fingerprint density at radius 1 is 0.939 bits per heavy atom. The number of benzene rings is 3. The van der Waals surface area contributed by atoms with Crippen LogP contribution in [0.15, 0.2) is 93.8 Å². The van der Waals surface area contributed by atoms with E-state index in [4.69, 9.17) is 20.4 Å². The molecule has 0 saturated carbocycles. The normalized spacial score (nSPS) is 11.3. The van der Waals surface area contributed by atoms with Gasteiger partial charge in [0, 0.05) is 27.9 Å². The maximum absolute atomic E-state index is 12.4. The Bertz CT molecular complexity index is 1460. The van der Waals surface area contributed by atoms with Crippen LogP contribution >= 0.6 is 11.6 Å². The molecule has 0 saturated heterocycles. The van der Waals surface area contributed by atoms with Crippen LogP contribution in [0.1, 0.15) is 11.3 Å². The lowest BCUT2D eigenvalue weighted by molar-refractivity contribution is -0.111. The zero-order chi connectivity index (χ0) is 22.8. The number of hydrogen-bond acceptors (Lipinski definition) is 4. The van der Waals surface area contributed by atoms with Crippen molar-refractivity contribution in [2.45, 2.75) is 6.92 Å². The average molecular weight is 455 g/mol. The lowest BCUT2D eigenvalue weighted by Crippen LogP contribution is -2.07. The van der Waals surface area contributed by atoms with Crippen molar-refractivity contribution in [2.24, 2.45) is 0 Å². The first-order chi connectivity index (χ1) is 16.0. The number of aryl methyl sites for hydroxylation is 1. The van der Waals surface area contributed by atoms with Crippen LogP contribution in [0.25, 0.3) is 40.0 Å². The number of para-hydroxylation sites is 2. The van der Waals surface area contributed by atoms with Gasteiger partial charge in [-0.05, 0) is 67.1 Å². The van der Waals surface area contributed by atoms with Crippen molar-refractivity contribution in [3.8, 4) is 22.8 Å². The Labute approximate surface area is 195 Å². The number of carbonyl (C=O) groups is 1. The Hall–Kier alpha value is -4.09. The van der Waals surface area contributed by atoms with Crippen molar-refractivity contribution >= 4 is 40.4 Å². The monoisotopic (exact) mass is 454 g/mol. The van der Waals surface area contributed by atoms with Crippen LogP contribution < -0.4 is 5.32 Å². The van der Waals surface area contributed by atoms with Gasteiger partial charge < -0.3 is 14.2 Å². The molecular weight excluding hydrogens is 436 g/mol. The molecule has 0 aliphatic rings. The van der Waals surface area contributed by atoms with Crippen LogP contribution in [0.4, 0.5) is 5.69 Å². The molecule has 1 amide bonds. The molecule has 6 heteroatoms. The van der Waals surface area contributed by atoms with Gasteiger partial charge in [-0.3, -0.25) is 4.79 Å². The molecule has 0 spiro atoms. The van der Waals surface area contributed by atoms with Gasteiger partial charge in [0.1, 0.15) is 17.0 Å². The van der Waals surface area contributed by atoms with E-state index in [-0.39, 0.29) is 5.91 Å². The Morgan fingerprint density at radius 3 is 2.67 bits per heavy atom. The van der Waals surface area contributed by atoms with Crippen LogP contribution in [-0.2, 0) is 4.79 Å². The minimum absolute atomic E-state index is 0.277. The summed E-state index contributed by atoms with van der Waals surface area (Å²) in [5.41, 5.74) is 4.81. The number of nitrogens with zero attached hydrogens (tertiary/aromatic N) is 1. The molecule has 0 bridgehead atoms. The number of aromatic nitrogens is 1. The molecule has 1 N–H and O–H groups in total. The molecule has 5 nitrogen and oxygen atoms in total. The summed E-state index contributed by atoms with van der Waals surface area (Å²) in [7, 11) is 0. The summed E-state index contributed by atoms with van der Waals surface area (Å²) < 4.78 is 11.6. The van der Waals surface area contributed by atoms with Gasteiger partial charge in [-0.25, -0.2) is 4.98 Å². The number of rotatable bonds is 5. The summed E-state index contributed by atoms with van der Waals surface area (Å²) >= 11 is 6.20. The van der Waals surface area contributed by atoms with Crippen LogP contribution in [0.2, 0.25) is 5.02 Å². The third kappa shape index (κ3) is 4.59. The number of hydrogen-bond donors (Lipinski definition) is 1. The third-order valence-electron chi connectivity index (χ3n) is 5.15. The molecular formula is C27H19ClN2O3. The van der Waals surface area contributed by atoms with Gasteiger partial charge in [0.05, 0.1) is 0 Å². The van der Waals surface area contributed by atoms with Crippen molar-refractivity contribution in [3.05, 3.63) is 101 Å². The quantitative estimate of drug-likeness (QED) is 0.281. The topological polar surface area (TPSA) is 68.3 Å². The van der Waals surface area contributed by atoms with Gasteiger partial charge in [-0.15, -0.1) is 0 Å². The second-order valence-corrected chi connectivity index (χ2v) is 7.96.